The molecular weight excluding hydrogens is 254 g/mol. The van der Waals surface area contributed by atoms with Gasteiger partial charge in [0, 0.05) is 25.7 Å². The molecule has 0 unspecified atom stereocenters. The monoisotopic (exact) mass is 279 g/mol. The fourth-order valence-electron chi connectivity index (χ4n) is 2.13. The van der Waals surface area contributed by atoms with E-state index in [2.05, 4.69) is 34.4 Å². The van der Waals surface area contributed by atoms with Crippen LogP contribution in [0.3, 0.4) is 0 Å². The second-order valence-electron chi connectivity index (χ2n) is 4.83. The molecule has 0 aromatic carbocycles. The summed E-state index contributed by atoms with van der Waals surface area (Å²) in [6.07, 6.45) is 1.54. The molecule has 1 amide bonds. The Hall–Kier alpha value is -1.85. The van der Waals surface area contributed by atoms with E-state index in [1.165, 1.54) is 6.33 Å². The molecular formula is C14H25N5O. The van der Waals surface area contributed by atoms with Gasteiger partial charge in [-0.2, -0.15) is 0 Å². The van der Waals surface area contributed by atoms with Crippen molar-refractivity contribution >= 4 is 17.5 Å². The highest BCUT2D eigenvalue weighted by molar-refractivity contribution is 5.81. The molecule has 0 bridgehead atoms. The Balaban J connectivity index is 3.11. The SMILES string of the molecule is CCNC(=O)CN(CC)c1ncnc(NC)c1C(C)C. The van der Waals surface area contributed by atoms with E-state index in [0.717, 1.165) is 23.7 Å². The third-order valence-electron chi connectivity index (χ3n) is 3.07. The van der Waals surface area contributed by atoms with E-state index in [4.69, 9.17) is 0 Å². The molecule has 0 radical (unpaired) electrons. The Bertz CT molecular complexity index is 447. The van der Waals surface area contributed by atoms with Gasteiger partial charge >= 0.3 is 0 Å². The molecule has 1 aromatic heterocycles. The van der Waals surface area contributed by atoms with Gasteiger partial charge < -0.3 is 15.5 Å². The molecule has 1 aromatic rings. The van der Waals surface area contributed by atoms with Gasteiger partial charge in [0.25, 0.3) is 0 Å². The minimum Gasteiger partial charge on any atom is -0.373 e. The van der Waals surface area contributed by atoms with E-state index in [0.29, 0.717) is 13.1 Å². The fraction of sp³-hybridized carbons (Fsp3) is 0.643. The van der Waals surface area contributed by atoms with Crippen LogP contribution in [-0.2, 0) is 4.79 Å². The number of likely N-dealkylation sites (N-methyl/N-ethyl adjacent to an activating group) is 2. The molecule has 2 N–H and O–H groups in total. The topological polar surface area (TPSA) is 70.2 Å². The van der Waals surface area contributed by atoms with Crippen LogP contribution in [0.4, 0.5) is 11.6 Å². The molecule has 0 saturated heterocycles. The maximum Gasteiger partial charge on any atom is 0.239 e. The number of rotatable bonds is 7. The van der Waals surface area contributed by atoms with Crippen LogP contribution in [-0.4, -0.2) is 42.6 Å². The molecule has 20 heavy (non-hydrogen) atoms. The lowest BCUT2D eigenvalue weighted by atomic mass is 10.0. The second-order valence-corrected chi connectivity index (χ2v) is 4.83. The smallest absolute Gasteiger partial charge is 0.239 e. The molecule has 6 nitrogen and oxygen atoms in total. The van der Waals surface area contributed by atoms with E-state index >= 15 is 0 Å². The summed E-state index contributed by atoms with van der Waals surface area (Å²) in [6.45, 7) is 9.80. The fourth-order valence-corrected chi connectivity index (χ4v) is 2.13. The maximum absolute atomic E-state index is 11.8. The minimum absolute atomic E-state index is 0.00803. The van der Waals surface area contributed by atoms with Gasteiger partial charge in [0.15, 0.2) is 0 Å². The molecule has 0 spiro atoms. The largest absolute Gasteiger partial charge is 0.373 e. The van der Waals surface area contributed by atoms with E-state index in [1.807, 2.05) is 25.8 Å². The summed E-state index contributed by atoms with van der Waals surface area (Å²) in [5.74, 6) is 1.93. The molecule has 0 saturated carbocycles. The van der Waals surface area contributed by atoms with E-state index in [1.54, 1.807) is 0 Å². The van der Waals surface area contributed by atoms with Gasteiger partial charge in [0.05, 0.1) is 6.54 Å². The first-order chi connectivity index (χ1) is 9.54. The molecule has 6 heteroatoms. The zero-order valence-corrected chi connectivity index (χ0v) is 13.0. The molecule has 1 rings (SSSR count). The third-order valence-corrected chi connectivity index (χ3v) is 3.07. The lowest BCUT2D eigenvalue weighted by Gasteiger charge is -2.26. The first kappa shape index (κ1) is 16.2. The number of aromatic nitrogens is 2. The van der Waals surface area contributed by atoms with E-state index in [9.17, 15) is 4.79 Å². The first-order valence-corrected chi connectivity index (χ1v) is 7.09. The van der Waals surface area contributed by atoms with Crippen molar-refractivity contribution in [3.8, 4) is 0 Å². The summed E-state index contributed by atoms with van der Waals surface area (Å²) in [6, 6.07) is 0. The molecule has 1 heterocycles. The van der Waals surface area contributed by atoms with Gasteiger partial charge in [-0.15, -0.1) is 0 Å². The van der Waals surface area contributed by atoms with Gasteiger partial charge in [0.2, 0.25) is 5.91 Å². The predicted octanol–water partition coefficient (Wildman–Crippen LogP) is 1.60. The van der Waals surface area contributed by atoms with Gasteiger partial charge in [-0.1, -0.05) is 13.8 Å². The number of carbonyl (C=O) groups excluding carboxylic acids is 1. The Morgan fingerprint density at radius 1 is 1.35 bits per heavy atom. The summed E-state index contributed by atoms with van der Waals surface area (Å²) < 4.78 is 0. The Kier molecular flexibility index (Phi) is 6.21. The lowest BCUT2D eigenvalue weighted by molar-refractivity contribution is -0.119. The summed E-state index contributed by atoms with van der Waals surface area (Å²) in [5, 5.41) is 5.91. The summed E-state index contributed by atoms with van der Waals surface area (Å²) >= 11 is 0. The first-order valence-electron chi connectivity index (χ1n) is 7.09. The standard InChI is InChI=1S/C14H25N5O/c1-6-16-11(20)8-19(7-2)14-12(10(3)4)13(15-5)17-9-18-14/h9-10H,6-8H2,1-5H3,(H,16,20)(H,15,17,18). The minimum atomic E-state index is 0.00803. The number of amides is 1. The summed E-state index contributed by atoms with van der Waals surface area (Å²) in [4.78, 5) is 22.4. The molecule has 0 aliphatic heterocycles. The van der Waals surface area contributed by atoms with Crippen molar-refractivity contribution in [2.24, 2.45) is 0 Å². The van der Waals surface area contributed by atoms with Crippen LogP contribution in [0.15, 0.2) is 6.33 Å². The van der Waals surface area contributed by atoms with Crippen LogP contribution < -0.4 is 15.5 Å². The molecule has 0 aliphatic rings. The highest BCUT2D eigenvalue weighted by Gasteiger charge is 2.20. The molecule has 0 aliphatic carbocycles. The Labute approximate surface area is 121 Å². The highest BCUT2D eigenvalue weighted by Crippen LogP contribution is 2.30. The van der Waals surface area contributed by atoms with Crippen LogP contribution in [0.2, 0.25) is 0 Å². The zero-order valence-electron chi connectivity index (χ0n) is 13.0. The number of nitrogens with zero attached hydrogens (tertiary/aromatic N) is 3. The van der Waals surface area contributed by atoms with Crippen molar-refractivity contribution in [1.29, 1.82) is 0 Å². The van der Waals surface area contributed by atoms with Crippen molar-refractivity contribution < 1.29 is 4.79 Å². The normalized spacial score (nSPS) is 10.5. The summed E-state index contributed by atoms with van der Waals surface area (Å²) in [5.41, 5.74) is 1.04. The molecule has 112 valence electrons. The van der Waals surface area contributed by atoms with E-state index in [-0.39, 0.29) is 11.8 Å². The van der Waals surface area contributed by atoms with Gasteiger partial charge in [0.1, 0.15) is 18.0 Å². The molecule has 0 fully saturated rings. The molecule has 0 atom stereocenters. The maximum atomic E-state index is 11.8. The average molecular weight is 279 g/mol. The van der Waals surface area contributed by atoms with Gasteiger partial charge in [-0.05, 0) is 19.8 Å². The number of hydrogen-bond acceptors (Lipinski definition) is 5. The van der Waals surface area contributed by atoms with Crippen LogP contribution in [0.25, 0.3) is 0 Å². The van der Waals surface area contributed by atoms with Gasteiger partial charge in [-0.3, -0.25) is 4.79 Å². The van der Waals surface area contributed by atoms with Crippen LogP contribution in [0.1, 0.15) is 39.2 Å². The predicted molar refractivity (Wildman–Crippen MR) is 82.2 cm³/mol. The van der Waals surface area contributed by atoms with Crippen molar-refractivity contribution in [3.05, 3.63) is 11.9 Å². The average Bonchev–Trinajstić information content (AvgIpc) is 2.44. The van der Waals surface area contributed by atoms with Crippen LogP contribution >= 0.6 is 0 Å². The van der Waals surface area contributed by atoms with Gasteiger partial charge in [-0.25, -0.2) is 9.97 Å². The highest BCUT2D eigenvalue weighted by atomic mass is 16.2. The second kappa shape index (κ2) is 7.67. The van der Waals surface area contributed by atoms with E-state index < -0.39 is 0 Å². The number of hydrogen-bond donors (Lipinski definition) is 2. The van der Waals surface area contributed by atoms with Crippen LogP contribution in [0.5, 0.6) is 0 Å². The van der Waals surface area contributed by atoms with Crippen molar-refractivity contribution in [1.82, 2.24) is 15.3 Å². The van der Waals surface area contributed by atoms with Crippen molar-refractivity contribution in [3.63, 3.8) is 0 Å². The zero-order chi connectivity index (χ0) is 15.1. The van der Waals surface area contributed by atoms with Crippen molar-refractivity contribution in [2.45, 2.75) is 33.6 Å². The van der Waals surface area contributed by atoms with Crippen LogP contribution in [0, 0.1) is 0 Å². The lowest BCUT2D eigenvalue weighted by Crippen LogP contribution is -2.38. The van der Waals surface area contributed by atoms with Crippen molar-refractivity contribution in [2.75, 3.05) is 36.9 Å². The third kappa shape index (κ3) is 3.82. The number of anilines is 2. The number of nitrogens with one attached hydrogen (secondary N) is 2. The number of carbonyl (C=O) groups is 1. The Morgan fingerprint density at radius 3 is 2.55 bits per heavy atom. The summed E-state index contributed by atoms with van der Waals surface area (Å²) in [7, 11) is 1.85. The Morgan fingerprint density at radius 2 is 2.05 bits per heavy atom. The quantitative estimate of drug-likeness (QED) is 0.793.